The highest BCUT2D eigenvalue weighted by Gasteiger charge is 2.15. The molecule has 1 unspecified atom stereocenters. The third-order valence-corrected chi connectivity index (χ3v) is 4.63. The van der Waals surface area contributed by atoms with Crippen molar-refractivity contribution in [3.63, 3.8) is 0 Å². The highest BCUT2D eigenvalue weighted by molar-refractivity contribution is 14.0. The van der Waals surface area contributed by atoms with Crippen molar-refractivity contribution in [3.05, 3.63) is 23.9 Å². The standard InChI is InChI=1S/C14H22N4OS.HI/c1-15-14(18-10-12-6-4-8-20-12)17-9-11-5-3-7-16-13(11)19-2;/h3,5,7,12H,4,6,8-10H2,1-2H3,(H2,15,17,18);1H. The van der Waals surface area contributed by atoms with E-state index in [4.69, 9.17) is 4.74 Å². The van der Waals surface area contributed by atoms with Crippen molar-refractivity contribution in [1.82, 2.24) is 15.6 Å². The number of aromatic nitrogens is 1. The van der Waals surface area contributed by atoms with Gasteiger partial charge in [-0.25, -0.2) is 4.98 Å². The molecule has 0 spiro atoms. The Kier molecular flexibility index (Phi) is 8.82. The molecule has 1 aromatic heterocycles. The molecule has 0 saturated carbocycles. The number of nitrogens with zero attached hydrogens (tertiary/aromatic N) is 2. The van der Waals surface area contributed by atoms with Gasteiger partial charge in [0, 0.05) is 37.1 Å². The van der Waals surface area contributed by atoms with Crippen LogP contribution in [0.1, 0.15) is 18.4 Å². The van der Waals surface area contributed by atoms with E-state index < -0.39 is 0 Å². The Morgan fingerprint density at radius 2 is 2.38 bits per heavy atom. The molecule has 0 radical (unpaired) electrons. The maximum Gasteiger partial charge on any atom is 0.218 e. The molecule has 0 aromatic carbocycles. The molecule has 118 valence electrons. The summed E-state index contributed by atoms with van der Waals surface area (Å²) in [5.41, 5.74) is 1.02. The Labute approximate surface area is 147 Å². The molecule has 2 rings (SSSR count). The zero-order valence-electron chi connectivity index (χ0n) is 12.5. The van der Waals surface area contributed by atoms with Crippen LogP contribution in [0.5, 0.6) is 5.88 Å². The van der Waals surface area contributed by atoms with E-state index in [1.165, 1.54) is 18.6 Å². The molecule has 1 saturated heterocycles. The van der Waals surface area contributed by atoms with Crippen molar-refractivity contribution in [2.45, 2.75) is 24.6 Å². The molecule has 0 bridgehead atoms. The van der Waals surface area contributed by atoms with Gasteiger partial charge < -0.3 is 15.4 Å². The fourth-order valence-corrected chi connectivity index (χ4v) is 3.36. The van der Waals surface area contributed by atoms with Crippen LogP contribution in [0.15, 0.2) is 23.3 Å². The summed E-state index contributed by atoms with van der Waals surface area (Å²) in [7, 11) is 3.42. The van der Waals surface area contributed by atoms with Crippen LogP contribution in [0, 0.1) is 0 Å². The second kappa shape index (κ2) is 10.1. The van der Waals surface area contributed by atoms with Crippen molar-refractivity contribution in [2.75, 3.05) is 26.5 Å². The van der Waals surface area contributed by atoms with Crippen molar-refractivity contribution in [2.24, 2.45) is 4.99 Å². The minimum Gasteiger partial charge on any atom is -0.481 e. The first-order valence-electron chi connectivity index (χ1n) is 6.87. The van der Waals surface area contributed by atoms with Gasteiger partial charge in [0.2, 0.25) is 5.88 Å². The van der Waals surface area contributed by atoms with Crippen LogP contribution >= 0.6 is 35.7 Å². The van der Waals surface area contributed by atoms with Crippen LogP contribution in [0.2, 0.25) is 0 Å². The third kappa shape index (κ3) is 5.90. The fraction of sp³-hybridized carbons (Fsp3) is 0.571. The molecule has 2 heterocycles. The van der Waals surface area contributed by atoms with E-state index in [2.05, 4.69) is 20.6 Å². The Morgan fingerprint density at radius 1 is 1.52 bits per heavy atom. The maximum absolute atomic E-state index is 5.24. The number of nitrogens with one attached hydrogen (secondary N) is 2. The van der Waals surface area contributed by atoms with Gasteiger partial charge in [-0.2, -0.15) is 11.8 Å². The highest BCUT2D eigenvalue weighted by Crippen LogP contribution is 2.25. The van der Waals surface area contributed by atoms with E-state index in [-0.39, 0.29) is 24.0 Å². The van der Waals surface area contributed by atoms with E-state index in [0.717, 1.165) is 18.1 Å². The van der Waals surface area contributed by atoms with Crippen LogP contribution in [0.25, 0.3) is 0 Å². The van der Waals surface area contributed by atoms with E-state index in [1.54, 1.807) is 20.4 Å². The predicted octanol–water partition coefficient (Wildman–Crippen LogP) is 2.27. The van der Waals surface area contributed by atoms with Crippen LogP contribution in [-0.2, 0) is 6.54 Å². The Balaban J connectivity index is 0.00000220. The predicted molar refractivity (Wildman–Crippen MR) is 99.9 cm³/mol. The summed E-state index contributed by atoms with van der Waals surface area (Å²) in [5.74, 6) is 2.76. The highest BCUT2D eigenvalue weighted by atomic mass is 127. The van der Waals surface area contributed by atoms with Gasteiger partial charge in [0.25, 0.3) is 0 Å². The van der Waals surface area contributed by atoms with Crippen LogP contribution < -0.4 is 15.4 Å². The number of methoxy groups -OCH3 is 1. The summed E-state index contributed by atoms with van der Waals surface area (Å²) in [4.78, 5) is 8.43. The van der Waals surface area contributed by atoms with E-state index in [9.17, 15) is 0 Å². The second-order valence-corrected chi connectivity index (χ2v) is 6.02. The Hall–Kier alpha value is -0.700. The first kappa shape index (κ1) is 18.3. The number of hydrogen-bond donors (Lipinski definition) is 2. The molecular weight excluding hydrogens is 399 g/mol. The third-order valence-electron chi connectivity index (χ3n) is 3.23. The minimum atomic E-state index is 0. The van der Waals surface area contributed by atoms with Crippen molar-refractivity contribution >= 4 is 41.7 Å². The Morgan fingerprint density at radius 3 is 3.05 bits per heavy atom. The van der Waals surface area contributed by atoms with Gasteiger partial charge >= 0.3 is 0 Å². The zero-order valence-corrected chi connectivity index (χ0v) is 15.6. The number of thioether (sulfide) groups is 1. The van der Waals surface area contributed by atoms with Crippen molar-refractivity contribution in [3.8, 4) is 5.88 Å². The van der Waals surface area contributed by atoms with Crippen molar-refractivity contribution in [1.29, 1.82) is 0 Å². The molecule has 1 aliphatic heterocycles. The smallest absolute Gasteiger partial charge is 0.218 e. The molecule has 5 nitrogen and oxygen atoms in total. The number of guanidine groups is 1. The first-order valence-corrected chi connectivity index (χ1v) is 7.92. The molecule has 0 aliphatic carbocycles. The molecule has 7 heteroatoms. The lowest BCUT2D eigenvalue weighted by atomic mass is 10.2. The molecule has 21 heavy (non-hydrogen) atoms. The summed E-state index contributed by atoms with van der Waals surface area (Å²) < 4.78 is 5.24. The van der Waals surface area contributed by atoms with E-state index in [1.807, 2.05) is 23.9 Å². The number of halogens is 1. The summed E-state index contributed by atoms with van der Waals surface area (Å²) in [6.45, 7) is 1.61. The van der Waals surface area contributed by atoms with Gasteiger partial charge in [-0.3, -0.25) is 4.99 Å². The van der Waals surface area contributed by atoms with Gasteiger partial charge in [-0.05, 0) is 24.7 Å². The summed E-state index contributed by atoms with van der Waals surface area (Å²) >= 11 is 2.04. The summed E-state index contributed by atoms with van der Waals surface area (Å²) in [5, 5.41) is 7.38. The van der Waals surface area contributed by atoms with Gasteiger partial charge in [0.15, 0.2) is 5.96 Å². The van der Waals surface area contributed by atoms with Crippen molar-refractivity contribution < 1.29 is 4.74 Å². The molecule has 0 amide bonds. The number of rotatable bonds is 5. The summed E-state index contributed by atoms with van der Waals surface area (Å²) in [6.07, 6.45) is 4.35. The first-order chi connectivity index (χ1) is 9.83. The van der Waals surface area contributed by atoms with Crippen LogP contribution in [-0.4, -0.2) is 42.6 Å². The molecule has 2 N–H and O–H groups in total. The lowest BCUT2D eigenvalue weighted by Crippen LogP contribution is -2.39. The SMILES string of the molecule is CN=C(NCc1cccnc1OC)NCC1CCCS1.I. The summed E-state index contributed by atoms with van der Waals surface area (Å²) in [6, 6.07) is 3.91. The second-order valence-electron chi connectivity index (χ2n) is 4.61. The van der Waals surface area contributed by atoms with Gasteiger partial charge in [0.1, 0.15) is 0 Å². The zero-order chi connectivity index (χ0) is 14.2. The average molecular weight is 422 g/mol. The van der Waals surface area contributed by atoms with Crippen LogP contribution in [0.4, 0.5) is 0 Å². The number of pyridine rings is 1. The number of aliphatic imine (C=N–C) groups is 1. The quantitative estimate of drug-likeness (QED) is 0.433. The maximum atomic E-state index is 5.24. The monoisotopic (exact) mass is 422 g/mol. The lowest BCUT2D eigenvalue weighted by Gasteiger charge is -2.15. The normalized spacial score (nSPS) is 18.0. The van der Waals surface area contributed by atoms with Gasteiger partial charge in [-0.15, -0.1) is 24.0 Å². The molecule has 1 fully saturated rings. The Bertz CT molecular complexity index is 452. The topological polar surface area (TPSA) is 58.5 Å². The number of hydrogen-bond acceptors (Lipinski definition) is 4. The molecule has 1 aliphatic rings. The number of ether oxygens (including phenoxy) is 1. The molecular formula is C14H23IN4OS. The van der Waals surface area contributed by atoms with Gasteiger partial charge in [0.05, 0.1) is 7.11 Å². The lowest BCUT2D eigenvalue weighted by molar-refractivity contribution is 0.392. The fourth-order valence-electron chi connectivity index (χ4n) is 2.16. The van der Waals surface area contributed by atoms with Gasteiger partial charge in [-0.1, -0.05) is 6.07 Å². The minimum absolute atomic E-state index is 0. The van der Waals surface area contributed by atoms with Crippen LogP contribution in [0.3, 0.4) is 0 Å². The average Bonchev–Trinajstić information content (AvgIpc) is 3.01. The molecule has 1 atom stereocenters. The molecule has 1 aromatic rings. The van der Waals surface area contributed by atoms with E-state index in [0.29, 0.717) is 17.7 Å². The largest absolute Gasteiger partial charge is 0.481 e. The van der Waals surface area contributed by atoms with E-state index >= 15 is 0 Å².